The molecule has 0 atom stereocenters. The van der Waals surface area contributed by atoms with Crippen LogP contribution in [0, 0.1) is 17.5 Å². The first-order valence-corrected chi connectivity index (χ1v) is 7.19. The molecule has 23 heavy (non-hydrogen) atoms. The Kier molecular flexibility index (Phi) is 3.90. The number of benzene rings is 2. The van der Waals surface area contributed by atoms with Gasteiger partial charge in [-0.2, -0.15) is 0 Å². The molecule has 3 rings (SSSR count). The average molecular weight is 318 g/mol. The molecule has 0 fully saturated rings. The maximum Gasteiger partial charge on any atom is 0.269 e. The third kappa shape index (κ3) is 2.50. The van der Waals surface area contributed by atoms with E-state index in [4.69, 9.17) is 0 Å². The Hall–Kier alpha value is -2.63. The molecule has 0 amide bonds. The van der Waals surface area contributed by atoms with Crippen LogP contribution in [0.4, 0.5) is 13.2 Å². The summed E-state index contributed by atoms with van der Waals surface area (Å²) in [6.45, 7) is 1.87. The zero-order valence-corrected chi connectivity index (χ0v) is 12.3. The lowest BCUT2D eigenvalue weighted by Crippen LogP contribution is -2.25. The van der Waals surface area contributed by atoms with Crippen LogP contribution in [-0.2, 0) is 6.42 Å². The molecule has 0 unspecified atom stereocenters. The third-order valence-corrected chi connectivity index (χ3v) is 3.56. The fourth-order valence-corrected chi connectivity index (χ4v) is 2.54. The monoisotopic (exact) mass is 318 g/mol. The van der Waals surface area contributed by atoms with Gasteiger partial charge in [-0.25, -0.2) is 18.2 Å². The number of hydrogen-bond donors (Lipinski definition) is 0. The van der Waals surface area contributed by atoms with Gasteiger partial charge in [0, 0.05) is 6.42 Å². The lowest BCUT2D eigenvalue weighted by Gasteiger charge is -2.14. The predicted octanol–water partition coefficient (Wildman–Crippen LogP) is 3.76. The van der Waals surface area contributed by atoms with E-state index in [2.05, 4.69) is 4.98 Å². The van der Waals surface area contributed by atoms with Crippen LogP contribution in [0.15, 0.2) is 41.2 Å². The summed E-state index contributed by atoms with van der Waals surface area (Å²) < 4.78 is 42.6. The molecule has 0 aliphatic rings. The summed E-state index contributed by atoms with van der Waals surface area (Å²) in [6, 6.07) is 7.63. The Morgan fingerprint density at radius 2 is 1.74 bits per heavy atom. The molecule has 6 heteroatoms. The van der Waals surface area contributed by atoms with Gasteiger partial charge >= 0.3 is 0 Å². The number of hydrogen-bond acceptors (Lipinski definition) is 2. The van der Waals surface area contributed by atoms with Gasteiger partial charge in [-0.1, -0.05) is 19.1 Å². The first kappa shape index (κ1) is 15.3. The fraction of sp³-hybridized carbons (Fsp3) is 0.176. The first-order chi connectivity index (χ1) is 11.0. The van der Waals surface area contributed by atoms with Crippen LogP contribution in [0.5, 0.6) is 0 Å². The Balaban J connectivity index is 2.45. The molecule has 3 nitrogen and oxygen atoms in total. The maximum atomic E-state index is 14.1. The van der Waals surface area contributed by atoms with E-state index in [1.54, 1.807) is 0 Å². The summed E-state index contributed by atoms with van der Waals surface area (Å²) >= 11 is 0. The van der Waals surface area contributed by atoms with Crippen molar-refractivity contribution in [2.75, 3.05) is 0 Å². The van der Waals surface area contributed by atoms with E-state index in [1.807, 2.05) is 6.92 Å². The topological polar surface area (TPSA) is 34.9 Å². The number of aryl methyl sites for hydroxylation is 1. The van der Waals surface area contributed by atoms with Crippen LogP contribution in [-0.4, -0.2) is 9.55 Å². The molecule has 0 aliphatic carbocycles. The summed E-state index contributed by atoms with van der Waals surface area (Å²) in [4.78, 5) is 17.0. The summed E-state index contributed by atoms with van der Waals surface area (Å²) in [7, 11) is 0. The van der Waals surface area contributed by atoms with E-state index in [0.717, 1.165) is 16.7 Å². The van der Waals surface area contributed by atoms with Gasteiger partial charge in [-0.15, -0.1) is 0 Å². The second-order valence-corrected chi connectivity index (χ2v) is 5.13. The molecule has 0 bridgehead atoms. The first-order valence-electron chi connectivity index (χ1n) is 7.19. The van der Waals surface area contributed by atoms with Crippen LogP contribution in [0.1, 0.15) is 19.2 Å². The van der Waals surface area contributed by atoms with Gasteiger partial charge in [0.25, 0.3) is 5.56 Å². The molecule has 0 spiro atoms. The van der Waals surface area contributed by atoms with Crippen molar-refractivity contribution in [2.24, 2.45) is 0 Å². The van der Waals surface area contributed by atoms with Gasteiger partial charge in [0.2, 0.25) is 0 Å². The maximum absolute atomic E-state index is 14.1. The average Bonchev–Trinajstić information content (AvgIpc) is 2.51. The SMILES string of the molecule is CCCc1nc2cccc(F)c2c(=O)n1-c1cccc(F)c1F. The largest absolute Gasteiger partial charge is 0.269 e. The molecule has 1 heterocycles. The Morgan fingerprint density at radius 1 is 1.04 bits per heavy atom. The summed E-state index contributed by atoms with van der Waals surface area (Å²) in [5.41, 5.74) is -0.816. The molecule has 0 aliphatic heterocycles. The second-order valence-electron chi connectivity index (χ2n) is 5.13. The molecule has 118 valence electrons. The molecule has 1 aromatic heterocycles. The zero-order chi connectivity index (χ0) is 16.6. The number of halogens is 3. The van der Waals surface area contributed by atoms with Crippen molar-refractivity contribution in [3.05, 3.63) is 70.0 Å². The zero-order valence-electron chi connectivity index (χ0n) is 12.3. The molecule has 0 saturated carbocycles. The molecular formula is C17H13F3N2O. The van der Waals surface area contributed by atoms with Crippen molar-refractivity contribution in [1.29, 1.82) is 0 Å². The van der Waals surface area contributed by atoms with Crippen molar-refractivity contribution in [1.82, 2.24) is 9.55 Å². The third-order valence-electron chi connectivity index (χ3n) is 3.56. The number of nitrogens with zero attached hydrogens (tertiary/aromatic N) is 2. The van der Waals surface area contributed by atoms with Crippen molar-refractivity contribution in [2.45, 2.75) is 19.8 Å². The smallest absolute Gasteiger partial charge is 0.268 e. The van der Waals surface area contributed by atoms with Crippen LogP contribution in [0.3, 0.4) is 0 Å². The highest BCUT2D eigenvalue weighted by atomic mass is 19.2. The van der Waals surface area contributed by atoms with Gasteiger partial charge in [0.05, 0.1) is 11.2 Å². The van der Waals surface area contributed by atoms with Crippen molar-refractivity contribution >= 4 is 10.9 Å². The van der Waals surface area contributed by atoms with E-state index >= 15 is 0 Å². The molecule has 2 aromatic carbocycles. The van der Waals surface area contributed by atoms with Crippen LogP contribution >= 0.6 is 0 Å². The standard InChI is InChI=1S/C17H13F3N2O/c1-2-5-14-21-12-8-3-6-10(18)15(12)17(23)22(14)13-9-4-7-11(19)16(13)20/h3-4,6-9H,2,5H2,1H3. The van der Waals surface area contributed by atoms with E-state index < -0.39 is 23.0 Å². The summed E-state index contributed by atoms with van der Waals surface area (Å²) in [5, 5.41) is -0.240. The lowest BCUT2D eigenvalue weighted by atomic mass is 10.2. The minimum absolute atomic E-state index is 0.200. The fourth-order valence-electron chi connectivity index (χ4n) is 2.54. The number of aromatic nitrogens is 2. The normalized spacial score (nSPS) is 11.1. The number of fused-ring (bicyclic) bond motifs is 1. The second kappa shape index (κ2) is 5.87. The van der Waals surface area contributed by atoms with Crippen molar-refractivity contribution in [3.8, 4) is 5.69 Å². The highest BCUT2D eigenvalue weighted by Gasteiger charge is 2.18. The Morgan fingerprint density at radius 3 is 2.48 bits per heavy atom. The quantitative estimate of drug-likeness (QED) is 0.737. The summed E-state index contributed by atoms with van der Waals surface area (Å²) in [6.07, 6.45) is 1.02. The lowest BCUT2D eigenvalue weighted by molar-refractivity contribution is 0.502. The Labute approximate surface area is 130 Å². The Bertz CT molecular complexity index is 950. The van der Waals surface area contributed by atoms with Crippen LogP contribution < -0.4 is 5.56 Å². The van der Waals surface area contributed by atoms with Gasteiger partial charge in [0.1, 0.15) is 17.0 Å². The molecule has 0 N–H and O–H groups in total. The van der Waals surface area contributed by atoms with Crippen LogP contribution in [0.25, 0.3) is 16.6 Å². The van der Waals surface area contributed by atoms with E-state index in [-0.39, 0.29) is 22.4 Å². The molecule has 3 aromatic rings. The van der Waals surface area contributed by atoms with E-state index in [9.17, 15) is 18.0 Å². The van der Waals surface area contributed by atoms with Gasteiger partial charge in [-0.3, -0.25) is 9.36 Å². The molecule has 0 saturated heterocycles. The number of rotatable bonds is 3. The molecular weight excluding hydrogens is 305 g/mol. The molecule has 0 radical (unpaired) electrons. The van der Waals surface area contributed by atoms with E-state index in [0.29, 0.717) is 12.8 Å². The highest BCUT2D eigenvalue weighted by molar-refractivity contribution is 5.78. The van der Waals surface area contributed by atoms with E-state index in [1.165, 1.54) is 24.3 Å². The van der Waals surface area contributed by atoms with Crippen molar-refractivity contribution < 1.29 is 13.2 Å². The minimum Gasteiger partial charge on any atom is -0.268 e. The highest BCUT2D eigenvalue weighted by Crippen LogP contribution is 2.20. The van der Waals surface area contributed by atoms with Gasteiger partial charge in [0.15, 0.2) is 11.6 Å². The van der Waals surface area contributed by atoms with Crippen LogP contribution in [0.2, 0.25) is 0 Å². The van der Waals surface area contributed by atoms with Crippen molar-refractivity contribution in [3.63, 3.8) is 0 Å². The predicted molar refractivity (Wildman–Crippen MR) is 81.2 cm³/mol. The minimum atomic E-state index is -1.16. The summed E-state index contributed by atoms with van der Waals surface area (Å²) in [5.74, 6) is -2.72. The van der Waals surface area contributed by atoms with Gasteiger partial charge < -0.3 is 0 Å². The van der Waals surface area contributed by atoms with Gasteiger partial charge in [-0.05, 0) is 30.7 Å².